The van der Waals surface area contributed by atoms with Crippen molar-refractivity contribution < 1.29 is 24.2 Å². The molecule has 2 fully saturated rings. The number of hydrogen-bond acceptors (Lipinski definition) is 5. The standard InChI is InChI=1S/C27H38N2O5S/c1-18(23(30)28-14-15-34-27(5,6)17-28)29(24(31)19-10-8-7-9-11-19)21-16-20(12-13-26(2,3)4)35-22(21)25(32)33/h16,18-19H,7-11,14-15,17H2,1-6H3,(H,32,33)/t18-/m0/s1. The van der Waals surface area contributed by atoms with E-state index < -0.39 is 17.6 Å². The predicted molar refractivity (Wildman–Crippen MR) is 138 cm³/mol. The number of carbonyl (C=O) groups excluding carboxylic acids is 2. The topological polar surface area (TPSA) is 87.2 Å². The Morgan fingerprint density at radius 2 is 1.89 bits per heavy atom. The largest absolute Gasteiger partial charge is 0.477 e. The molecular weight excluding hydrogens is 464 g/mol. The molecular formula is C27H38N2O5S. The van der Waals surface area contributed by atoms with E-state index in [2.05, 4.69) is 11.8 Å². The van der Waals surface area contributed by atoms with E-state index in [1.54, 1.807) is 17.9 Å². The smallest absolute Gasteiger partial charge is 0.348 e. The van der Waals surface area contributed by atoms with Gasteiger partial charge in [0.1, 0.15) is 10.9 Å². The molecule has 192 valence electrons. The van der Waals surface area contributed by atoms with E-state index in [-0.39, 0.29) is 33.7 Å². The highest BCUT2D eigenvalue weighted by Crippen LogP contribution is 2.36. The Balaban J connectivity index is 2.03. The molecule has 2 amide bonds. The van der Waals surface area contributed by atoms with Gasteiger partial charge < -0.3 is 14.7 Å². The van der Waals surface area contributed by atoms with Gasteiger partial charge in [0.2, 0.25) is 11.8 Å². The van der Waals surface area contributed by atoms with E-state index >= 15 is 0 Å². The van der Waals surface area contributed by atoms with Gasteiger partial charge in [-0.25, -0.2) is 4.79 Å². The lowest BCUT2D eigenvalue weighted by atomic mass is 9.87. The molecule has 1 saturated carbocycles. The molecule has 0 spiro atoms. The third-order valence-electron chi connectivity index (χ3n) is 6.40. The maximum Gasteiger partial charge on any atom is 0.348 e. The molecule has 1 aromatic rings. The van der Waals surface area contributed by atoms with Gasteiger partial charge in [-0.2, -0.15) is 0 Å². The van der Waals surface area contributed by atoms with Crippen LogP contribution in [0.3, 0.4) is 0 Å². The summed E-state index contributed by atoms with van der Waals surface area (Å²) in [6, 6.07) is 0.829. The summed E-state index contributed by atoms with van der Waals surface area (Å²) < 4.78 is 5.76. The number of nitrogens with zero attached hydrogens (tertiary/aromatic N) is 2. The number of carboxylic acid groups (broad SMARTS) is 1. The molecule has 35 heavy (non-hydrogen) atoms. The van der Waals surface area contributed by atoms with Crippen LogP contribution in [-0.2, 0) is 14.3 Å². The molecule has 2 heterocycles. The average molecular weight is 503 g/mol. The lowest BCUT2D eigenvalue weighted by Crippen LogP contribution is -2.57. The maximum absolute atomic E-state index is 13.9. The number of rotatable bonds is 5. The summed E-state index contributed by atoms with van der Waals surface area (Å²) in [6.45, 7) is 12.8. The first kappa shape index (κ1) is 27.2. The monoisotopic (exact) mass is 502 g/mol. The van der Waals surface area contributed by atoms with Gasteiger partial charge in [0.05, 0.1) is 22.8 Å². The first-order valence-corrected chi connectivity index (χ1v) is 13.3. The van der Waals surface area contributed by atoms with Crippen molar-refractivity contribution in [2.45, 2.75) is 85.3 Å². The molecule has 8 heteroatoms. The summed E-state index contributed by atoms with van der Waals surface area (Å²) in [5.41, 5.74) is -0.460. The van der Waals surface area contributed by atoms with Crippen LogP contribution in [0.5, 0.6) is 0 Å². The van der Waals surface area contributed by atoms with Crippen molar-refractivity contribution in [3.8, 4) is 11.8 Å². The highest BCUT2D eigenvalue weighted by atomic mass is 32.1. The second kappa shape index (κ2) is 10.7. The molecule has 1 atom stereocenters. The molecule has 1 aliphatic heterocycles. The zero-order valence-electron chi connectivity index (χ0n) is 21.8. The zero-order chi connectivity index (χ0) is 26.0. The van der Waals surface area contributed by atoms with E-state index in [4.69, 9.17) is 4.74 Å². The number of thiophene rings is 1. The van der Waals surface area contributed by atoms with Crippen LogP contribution in [0.1, 0.15) is 88.2 Å². The third-order valence-corrected chi connectivity index (χ3v) is 7.43. The number of carbonyl (C=O) groups is 3. The fourth-order valence-corrected chi connectivity index (χ4v) is 5.51. The Labute approximate surface area is 212 Å². The number of ether oxygens (including phenoxy) is 1. The van der Waals surface area contributed by atoms with Gasteiger partial charge in [0.15, 0.2) is 0 Å². The number of hydrogen-bond donors (Lipinski definition) is 1. The number of carboxylic acids is 1. The fourth-order valence-electron chi connectivity index (χ4n) is 4.67. The minimum Gasteiger partial charge on any atom is -0.477 e. The lowest BCUT2D eigenvalue weighted by molar-refractivity contribution is -0.148. The Kier molecular flexibility index (Phi) is 8.33. The normalized spacial score (nSPS) is 19.4. The highest BCUT2D eigenvalue weighted by Gasteiger charge is 2.39. The highest BCUT2D eigenvalue weighted by molar-refractivity contribution is 7.15. The maximum atomic E-state index is 13.9. The van der Waals surface area contributed by atoms with Gasteiger partial charge >= 0.3 is 5.97 Å². The van der Waals surface area contributed by atoms with E-state index in [1.165, 1.54) is 4.90 Å². The van der Waals surface area contributed by atoms with Crippen molar-refractivity contribution in [3.63, 3.8) is 0 Å². The second-order valence-electron chi connectivity index (χ2n) is 11.2. The number of amides is 2. The fraction of sp³-hybridized carbons (Fsp3) is 0.667. The molecule has 3 rings (SSSR count). The van der Waals surface area contributed by atoms with Crippen LogP contribution < -0.4 is 4.90 Å². The lowest BCUT2D eigenvalue weighted by Gasteiger charge is -2.41. The molecule has 1 aliphatic carbocycles. The molecule has 2 aliphatic rings. The Morgan fingerprint density at radius 3 is 2.46 bits per heavy atom. The Hall–Kier alpha value is -2.37. The predicted octanol–water partition coefficient (Wildman–Crippen LogP) is 4.78. The molecule has 0 bridgehead atoms. The van der Waals surface area contributed by atoms with Crippen LogP contribution in [0, 0.1) is 23.2 Å². The summed E-state index contributed by atoms with van der Waals surface area (Å²) in [4.78, 5) is 43.5. The summed E-state index contributed by atoms with van der Waals surface area (Å²) >= 11 is 1.05. The summed E-state index contributed by atoms with van der Waals surface area (Å²) in [5.74, 6) is 4.50. The van der Waals surface area contributed by atoms with Crippen LogP contribution >= 0.6 is 11.3 Å². The summed E-state index contributed by atoms with van der Waals surface area (Å²) in [6.07, 6.45) is 4.52. The van der Waals surface area contributed by atoms with Crippen molar-refractivity contribution in [1.82, 2.24) is 4.90 Å². The summed E-state index contributed by atoms with van der Waals surface area (Å²) in [7, 11) is 0. The molecule has 0 radical (unpaired) electrons. The number of morpholine rings is 1. The third kappa shape index (κ3) is 6.86. The van der Waals surface area contributed by atoms with Crippen molar-refractivity contribution in [3.05, 3.63) is 15.8 Å². The summed E-state index contributed by atoms with van der Waals surface area (Å²) in [5, 5.41) is 10.00. The van der Waals surface area contributed by atoms with Crippen molar-refractivity contribution in [2.24, 2.45) is 11.3 Å². The number of anilines is 1. The van der Waals surface area contributed by atoms with Gasteiger partial charge in [-0.3, -0.25) is 14.5 Å². The van der Waals surface area contributed by atoms with E-state index in [1.807, 2.05) is 34.6 Å². The number of aromatic carboxylic acids is 1. The van der Waals surface area contributed by atoms with Gasteiger partial charge in [0.25, 0.3) is 0 Å². The van der Waals surface area contributed by atoms with Crippen molar-refractivity contribution >= 4 is 34.8 Å². The van der Waals surface area contributed by atoms with Gasteiger partial charge in [-0.1, -0.05) is 31.1 Å². The van der Waals surface area contributed by atoms with Gasteiger partial charge in [0, 0.05) is 24.4 Å². The van der Waals surface area contributed by atoms with E-state index in [0.717, 1.165) is 43.4 Å². The Morgan fingerprint density at radius 1 is 1.23 bits per heavy atom. The molecule has 1 aromatic heterocycles. The van der Waals surface area contributed by atoms with Crippen LogP contribution in [0.25, 0.3) is 0 Å². The first-order chi connectivity index (χ1) is 16.3. The van der Waals surface area contributed by atoms with E-state index in [9.17, 15) is 19.5 Å². The first-order valence-electron chi connectivity index (χ1n) is 12.5. The second-order valence-corrected chi connectivity index (χ2v) is 12.3. The zero-order valence-corrected chi connectivity index (χ0v) is 22.6. The van der Waals surface area contributed by atoms with Crippen LogP contribution in [0.4, 0.5) is 5.69 Å². The van der Waals surface area contributed by atoms with E-state index in [0.29, 0.717) is 24.6 Å². The molecule has 7 nitrogen and oxygen atoms in total. The molecule has 0 aromatic carbocycles. The van der Waals surface area contributed by atoms with Gasteiger partial charge in [-0.15, -0.1) is 11.3 Å². The van der Waals surface area contributed by atoms with Gasteiger partial charge in [-0.05, 0) is 60.5 Å². The minimum absolute atomic E-state index is 0.0364. The Bertz CT molecular complexity index is 1020. The van der Waals surface area contributed by atoms with Crippen LogP contribution in [0.2, 0.25) is 0 Å². The SMILES string of the molecule is C[C@@H](C(=O)N1CCOC(C)(C)C1)N(C(=O)C1CCCCC1)c1cc(C#CC(C)(C)C)sc1C(=O)O. The molecule has 1 N–H and O–H groups in total. The van der Waals surface area contributed by atoms with Crippen molar-refractivity contribution in [1.29, 1.82) is 0 Å². The van der Waals surface area contributed by atoms with Crippen LogP contribution in [-0.4, -0.2) is 59.1 Å². The minimum atomic E-state index is -1.12. The van der Waals surface area contributed by atoms with Crippen molar-refractivity contribution in [2.75, 3.05) is 24.6 Å². The van der Waals surface area contributed by atoms with Crippen LogP contribution in [0.15, 0.2) is 6.07 Å². The molecule has 0 unspecified atom stereocenters. The molecule has 1 saturated heterocycles. The quantitative estimate of drug-likeness (QED) is 0.586. The average Bonchev–Trinajstić information content (AvgIpc) is 3.21.